The van der Waals surface area contributed by atoms with Gasteiger partial charge in [-0.2, -0.15) is 0 Å². The van der Waals surface area contributed by atoms with Gasteiger partial charge in [-0.3, -0.25) is 4.90 Å². The number of nitrogens with one attached hydrogen (secondary N) is 1. The summed E-state index contributed by atoms with van der Waals surface area (Å²) in [6.07, 6.45) is 8.38. The summed E-state index contributed by atoms with van der Waals surface area (Å²) in [5, 5.41) is 5.44. The van der Waals surface area contributed by atoms with E-state index in [1.165, 1.54) is 25.9 Å². The van der Waals surface area contributed by atoms with E-state index in [1.807, 2.05) is 18.6 Å². The van der Waals surface area contributed by atoms with Crippen LogP contribution in [0.3, 0.4) is 0 Å². The molecule has 39 heavy (non-hydrogen) atoms. The summed E-state index contributed by atoms with van der Waals surface area (Å²) in [6, 6.07) is 8.11. The van der Waals surface area contributed by atoms with Crippen molar-refractivity contribution in [2.45, 2.75) is 65.2 Å². The molecule has 1 N–H and O–H groups in total. The van der Waals surface area contributed by atoms with E-state index in [0.29, 0.717) is 24.1 Å². The standard InChI is InChI=1S/C29H38N8P2/c1-5-35-15-21-6-7-22(16-35)36(21)14-19-11-31-29(32-12-19)34-27-10-23(26(39)13-30-27)20-8-24-28(25(38)9-20)33-18(4)37(24)17(2)3/h8-13,17,21-22H,5-7,14-16,38-39H2,1-4H3,(H,30,31,32,34). The minimum atomic E-state index is 0.330. The summed E-state index contributed by atoms with van der Waals surface area (Å²) in [4.78, 5) is 23.9. The Morgan fingerprint density at radius 1 is 0.974 bits per heavy atom. The monoisotopic (exact) mass is 560 g/mol. The van der Waals surface area contributed by atoms with Gasteiger partial charge in [0.05, 0.1) is 11.0 Å². The second-order valence-corrected chi connectivity index (χ2v) is 12.4. The van der Waals surface area contributed by atoms with Gasteiger partial charge in [0.25, 0.3) is 0 Å². The van der Waals surface area contributed by atoms with E-state index >= 15 is 0 Å². The first-order chi connectivity index (χ1) is 18.8. The highest BCUT2D eigenvalue weighted by Crippen LogP contribution is 2.32. The number of aryl methyl sites for hydroxylation is 1. The Labute approximate surface area is 235 Å². The predicted octanol–water partition coefficient (Wildman–Crippen LogP) is 4.19. The molecular weight excluding hydrogens is 522 g/mol. The van der Waals surface area contributed by atoms with E-state index in [0.717, 1.165) is 63.1 Å². The number of anilines is 2. The Morgan fingerprint density at radius 3 is 2.36 bits per heavy atom. The molecule has 204 valence electrons. The number of pyridine rings is 1. The minimum Gasteiger partial charge on any atom is -0.326 e. The summed E-state index contributed by atoms with van der Waals surface area (Å²) < 4.78 is 2.29. The number of fused-ring (bicyclic) bond motifs is 3. The molecule has 10 heteroatoms. The molecule has 0 amide bonds. The molecule has 5 heterocycles. The van der Waals surface area contributed by atoms with Crippen LogP contribution in [0.25, 0.3) is 22.2 Å². The molecule has 2 bridgehead atoms. The lowest BCUT2D eigenvalue weighted by atomic mass is 10.1. The van der Waals surface area contributed by atoms with Gasteiger partial charge in [0.15, 0.2) is 0 Å². The lowest BCUT2D eigenvalue weighted by Gasteiger charge is -2.40. The average molecular weight is 561 g/mol. The van der Waals surface area contributed by atoms with Crippen LogP contribution in [0.4, 0.5) is 11.8 Å². The number of nitrogens with zero attached hydrogens (tertiary/aromatic N) is 7. The zero-order valence-electron chi connectivity index (χ0n) is 23.2. The van der Waals surface area contributed by atoms with E-state index in [9.17, 15) is 0 Å². The first-order valence-corrected chi connectivity index (χ1v) is 15.1. The van der Waals surface area contributed by atoms with Crippen molar-refractivity contribution >= 4 is 51.9 Å². The lowest BCUT2D eigenvalue weighted by Crippen LogP contribution is -2.52. The van der Waals surface area contributed by atoms with E-state index < -0.39 is 0 Å². The largest absolute Gasteiger partial charge is 0.326 e. The summed E-state index contributed by atoms with van der Waals surface area (Å²) in [5.74, 6) is 2.31. The molecule has 0 radical (unpaired) electrons. The minimum absolute atomic E-state index is 0.330. The van der Waals surface area contributed by atoms with Crippen LogP contribution < -0.4 is 15.9 Å². The predicted molar refractivity (Wildman–Crippen MR) is 167 cm³/mol. The Kier molecular flexibility index (Phi) is 7.41. The maximum Gasteiger partial charge on any atom is 0.228 e. The number of aromatic nitrogens is 5. The number of likely N-dealkylation sites (N-methyl/N-ethyl adjacent to an activating group) is 1. The molecular formula is C29H38N8P2. The first kappa shape index (κ1) is 26.7. The Morgan fingerprint density at radius 2 is 1.69 bits per heavy atom. The van der Waals surface area contributed by atoms with Crippen LogP contribution in [-0.4, -0.2) is 66.0 Å². The Hall–Kier alpha value is -2.50. The molecule has 8 nitrogen and oxygen atoms in total. The molecule has 2 aliphatic heterocycles. The van der Waals surface area contributed by atoms with Crippen LogP contribution in [0.2, 0.25) is 0 Å². The molecule has 0 spiro atoms. The fourth-order valence-corrected chi connectivity index (χ4v) is 7.06. The molecule has 4 atom stereocenters. The van der Waals surface area contributed by atoms with Gasteiger partial charge in [-0.25, -0.2) is 19.9 Å². The third-order valence-electron chi connectivity index (χ3n) is 8.23. The van der Waals surface area contributed by atoms with Crippen LogP contribution in [0.15, 0.2) is 36.8 Å². The zero-order chi connectivity index (χ0) is 27.3. The zero-order valence-corrected chi connectivity index (χ0v) is 25.5. The Balaban J connectivity index is 1.21. The molecule has 0 saturated carbocycles. The van der Waals surface area contributed by atoms with E-state index in [1.54, 1.807) is 0 Å². The van der Waals surface area contributed by atoms with Crippen molar-refractivity contribution in [3.05, 3.63) is 48.2 Å². The fraction of sp³-hybridized carbons (Fsp3) is 0.448. The van der Waals surface area contributed by atoms with Crippen molar-refractivity contribution in [1.82, 2.24) is 34.3 Å². The van der Waals surface area contributed by atoms with Crippen LogP contribution in [0.1, 0.15) is 51.0 Å². The van der Waals surface area contributed by atoms with Crippen LogP contribution in [-0.2, 0) is 6.54 Å². The van der Waals surface area contributed by atoms with Gasteiger partial charge in [-0.15, -0.1) is 18.5 Å². The number of likely N-dealkylation sites (tertiary alicyclic amines) is 1. The number of benzene rings is 1. The van der Waals surface area contributed by atoms with Crippen molar-refractivity contribution in [3.8, 4) is 11.1 Å². The van der Waals surface area contributed by atoms with Gasteiger partial charge in [0, 0.05) is 61.9 Å². The van der Waals surface area contributed by atoms with Gasteiger partial charge in [0.1, 0.15) is 11.6 Å². The van der Waals surface area contributed by atoms with Crippen LogP contribution in [0.5, 0.6) is 0 Å². The smallest absolute Gasteiger partial charge is 0.228 e. The normalized spacial score (nSPS) is 19.9. The van der Waals surface area contributed by atoms with Gasteiger partial charge in [0.2, 0.25) is 5.95 Å². The SMILES string of the molecule is CCN1CC2CCC(C1)N2Cc1cnc(Nc2cc(-c3cc(P)c4nc(C)n(C(C)C)c4c3)c(P)cn2)nc1. The Bertz CT molecular complexity index is 1490. The van der Waals surface area contributed by atoms with Crippen LogP contribution in [0, 0.1) is 6.92 Å². The fourth-order valence-electron chi connectivity index (χ4n) is 6.35. The molecule has 2 aliphatic rings. The quantitative estimate of drug-likeness (QED) is 0.340. The number of rotatable bonds is 7. The highest BCUT2D eigenvalue weighted by Gasteiger charge is 2.39. The highest BCUT2D eigenvalue weighted by molar-refractivity contribution is 7.28. The molecule has 1 aromatic carbocycles. The highest BCUT2D eigenvalue weighted by atomic mass is 31.0. The third-order valence-corrected chi connectivity index (χ3v) is 9.13. The average Bonchev–Trinajstić information content (AvgIpc) is 3.36. The topological polar surface area (TPSA) is 75.0 Å². The number of imidazole rings is 1. The second-order valence-electron chi connectivity index (χ2n) is 11.2. The second kappa shape index (κ2) is 10.8. The van der Waals surface area contributed by atoms with Gasteiger partial charge in [-0.05, 0) is 80.1 Å². The summed E-state index contributed by atoms with van der Waals surface area (Å²) in [5.41, 5.74) is 5.55. The van der Waals surface area contributed by atoms with Crippen LogP contribution >= 0.6 is 18.5 Å². The molecule has 2 fully saturated rings. The van der Waals surface area contributed by atoms with Gasteiger partial charge < -0.3 is 14.8 Å². The van der Waals surface area contributed by atoms with E-state index in [4.69, 9.17) is 4.98 Å². The maximum absolute atomic E-state index is 4.82. The van der Waals surface area contributed by atoms with Crippen molar-refractivity contribution in [1.29, 1.82) is 0 Å². The molecule has 4 unspecified atom stereocenters. The van der Waals surface area contributed by atoms with Crippen molar-refractivity contribution < 1.29 is 0 Å². The summed E-state index contributed by atoms with van der Waals surface area (Å²) in [7, 11) is 5.67. The number of hydrogen-bond acceptors (Lipinski definition) is 7. The summed E-state index contributed by atoms with van der Waals surface area (Å²) in [6.45, 7) is 13.1. The van der Waals surface area contributed by atoms with Crippen molar-refractivity contribution in [2.24, 2.45) is 0 Å². The molecule has 4 aromatic rings. The van der Waals surface area contributed by atoms with Gasteiger partial charge >= 0.3 is 0 Å². The van der Waals surface area contributed by atoms with E-state index in [-0.39, 0.29) is 0 Å². The van der Waals surface area contributed by atoms with Crippen molar-refractivity contribution in [3.63, 3.8) is 0 Å². The first-order valence-electron chi connectivity index (χ1n) is 13.9. The third kappa shape index (κ3) is 5.20. The molecule has 6 rings (SSSR count). The van der Waals surface area contributed by atoms with Gasteiger partial charge in [-0.1, -0.05) is 6.92 Å². The molecule has 0 aliphatic carbocycles. The summed E-state index contributed by atoms with van der Waals surface area (Å²) >= 11 is 0. The molecule has 3 aromatic heterocycles. The number of hydrogen-bond donors (Lipinski definition) is 1. The number of piperazine rings is 1. The van der Waals surface area contributed by atoms with E-state index in [2.05, 4.69) is 99.0 Å². The molecule has 2 saturated heterocycles. The lowest BCUT2D eigenvalue weighted by molar-refractivity contribution is 0.0640. The maximum atomic E-state index is 4.82. The van der Waals surface area contributed by atoms with Crippen molar-refractivity contribution in [2.75, 3.05) is 25.0 Å².